The van der Waals surface area contributed by atoms with Gasteiger partial charge in [-0.05, 0) is 39.6 Å². The number of hydrogen-bond donors (Lipinski definition) is 1. The lowest BCUT2D eigenvalue weighted by Crippen LogP contribution is -2.35. The highest BCUT2D eigenvalue weighted by Crippen LogP contribution is 2.22. The smallest absolute Gasteiger partial charge is 0.267 e. The summed E-state index contributed by atoms with van der Waals surface area (Å²) >= 11 is 1.36. The van der Waals surface area contributed by atoms with Crippen LogP contribution in [-0.2, 0) is 11.3 Å². The van der Waals surface area contributed by atoms with Gasteiger partial charge in [0.15, 0.2) is 0 Å². The number of morpholine rings is 1. The van der Waals surface area contributed by atoms with Gasteiger partial charge in [-0.15, -0.1) is 16.4 Å². The van der Waals surface area contributed by atoms with Crippen molar-refractivity contribution < 1.29 is 9.53 Å². The Morgan fingerprint density at radius 2 is 2.15 bits per heavy atom. The summed E-state index contributed by atoms with van der Waals surface area (Å²) in [6.45, 7) is 4.26. The van der Waals surface area contributed by atoms with Crippen molar-refractivity contribution in [1.82, 2.24) is 25.1 Å². The molecule has 0 spiro atoms. The number of rotatable bonds is 5. The largest absolute Gasteiger partial charge is 0.379 e. The van der Waals surface area contributed by atoms with E-state index in [0.717, 1.165) is 44.1 Å². The quantitative estimate of drug-likeness (QED) is 0.737. The van der Waals surface area contributed by atoms with Crippen LogP contribution in [-0.4, -0.2) is 57.3 Å². The van der Waals surface area contributed by atoms with Crippen molar-refractivity contribution >= 4 is 22.9 Å². The first kappa shape index (κ1) is 16.8. The molecule has 9 heteroatoms. The van der Waals surface area contributed by atoms with Crippen LogP contribution in [0.15, 0.2) is 42.0 Å². The second-order valence-electron chi connectivity index (χ2n) is 5.93. The minimum Gasteiger partial charge on any atom is -0.379 e. The third-order valence-corrected chi connectivity index (χ3v) is 5.04. The molecule has 0 aliphatic carbocycles. The number of hydrogen-bond acceptors (Lipinski definition) is 7. The van der Waals surface area contributed by atoms with Crippen LogP contribution in [0, 0.1) is 0 Å². The van der Waals surface area contributed by atoms with Gasteiger partial charge in [0, 0.05) is 25.3 Å². The van der Waals surface area contributed by atoms with Crippen molar-refractivity contribution in [3.8, 4) is 5.69 Å². The van der Waals surface area contributed by atoms with Gasteiger partial charge in [-0.3, -0.25) is 9.69 Å². The molecule has 134 valence electrons. The molecule has 1 aliphatic rings. The molecule has 26 heavy (non-hydrogen) atoms. The lowest BCUT2D eigenvalue weighted by molar-refractivity contribution is 0.0342. The Balaban J connectivity index is 1.47. The Kier molecular flexibility index (Phi) is 5.00. The van der Waals surface area contributed by atoms with E-state index in [1.54, 1.807) is 0 Å². The zero-order valence-corrected chi connectivity index (χ0v) is 14.9. The second kappa shape index (κ2) is 7.73. The van der Waals surface area contributed by atoms with E-state index in [0.29, 0.717) is 10.6 Å². The van der Waals surface area contributed by atoms with E-state index in [1.807, 2.05) is 29.6 Å². The summed E-state index contributed by atoms with van der Waals surface area (Å²) in [5.41, 5.74) is 2.61. The fourth-order valence-electron chi connectivity index (χ4n) is 2.88. The fourth-order valence-corrected chi connectivity index (χ4v) is 3.65. The molecule has 8 nitrogen and oxygen atoms in total. The van der Waals surface area contributed by atoms with E-state index in [1.165, 1.54) is 22.3 Å². The third kappa shape index (κ3) is 3.79. The number of anilines is 1. The summed E-state index contributed by atoms with van der Waals surface area (Å²) in [7, 11) is 0. The number of carbonyl (C=O) groups excluding carboxylic acids is 1. The number of ether oxygens (including phenoxy) is 1. The first-order valence-electron chi connectivity index (χ1n) is 8.31. The lowest BCUT2D eigenvalue weighted by atomic mass is 10.1. The van der Waals surface area contributed by atoms with E-state index >= 15 is 0 Å². The predicted octanol–water partition coefficient (Wildman–Crippen LogP) is 1.81. The summed E-state index contributed by atoms with van der Waals surface area (Å²) in [6.07, 6.45) is 1.47. The van der Waals surface area contributed by atoms with Gasteiger partial charge in [-0.1, -0.05) is 12.1 Å². The molecule has 3 heterocycles. The van der Waals surface area contributed by atoms with Gasteiger partial charge < -0.3 is 10.1 Å². The Labute approximate surface area is 154 Å². The number of nitrogens with one attached hydrogen (secondary N) is 1. The highest BCUT2D eigenvalue weighted by molar-refractivity contribution is 7.12. The Bertz CT molecular complexity index is 873. The van der Waals surface area contributed by atoms with Crippen LogP contribution in [0.4, 0.5) is 5.69 Å². The molecule has 0 saturated carbocycles. The van der Waals surface area contributed by atoms with Crippen LogP contribution in [0.5, 0.6) is 0 Å². The third-order valence-electron chi connectivity index (χ3n) is 4.14. The van der Waals surface area contributed by atoms with E-state index in [9.17, 15) is 4.79 Å². The zero-order chi connectivity index (χ0) is 17.8. The van der Waals surface area contributed by atoms with E-state index in [4.69, 9.17) is 4.74 Å². The molecule has 1 aromatic carbocycles. The molecule has 0 unspecified atom stereocenters. The number of carbonyl (C=O) groups is 1. The van der Waals surface area contributed by atoms with Crippen molar-refractivity contribution in [2.75, 3.05) is 31.6 Å². The van der Waals surface area contributed by atoms with Gasteiger partial charge in [-0.2, -0.15) is 4.68 Å². The average molecular weight is 370 g/mol. The minimum absolute atomic E-state index is 0.172. The monoisotopic (exact) mass is 370 g/mol. The maximum Gasteiger partial charge on any atom is 0.267 e. The van der Waals surface area contributed by atoms with E-state index in [2.05, 4.69) is 31.8 Å². The Morgan fingerprint density at radius 3 is 2.96 bits per heavy atom. The molecule has 1 aliphatic heterocycles. The fraction of sp³-hybridized carbons (Fsp3) is 0.294. The molecular formula is C17H18N6O2S. The summed E-state index contributed by atoms with van der Waals surface area (Å²) in [5, 5.41) is 15.9. The number of thiophene rings is 1. The molecule has 1 N–H and O–H groups in total. The van der Waals surface area contributed by atoms with Crippen molar-refractivity contribution in [2.45, 2.75) is 6.54 Å². The number of amides is 1. The molecule has 4 rings (SSSR count). The van der Waals surface area contributed by atoms with Gasteiger partial charge in [0.2, 0.25) is 0 Å². The molecule has 0 atom stereocenters. The predicted molar refractivity (Wildman–Crippen MR) is 97.5 cm³/mol. The molecule has 1 amide bonds. The first-order chi connectivity index (χ1) is 12.8. The molecule has 1 fully saturated rings. The molecule has 3 aromatic rings. The Morgan fingerprint density at radius 1 is 1.27 bits per heavy atom. The highest BCUT2D eigenvalue weighted by atomic mass is 32.1. The normalized spacial score (nSPS) is 15.1. The van der Waals surface area contributed by atoms with Crippen LogP contribution >= 0.6 is 11.3 Å². The highest BCUT2D eigenvalue weighted by Gasteiger charge is 2.16. The first-order valence-corrected chi connectivity index (χ1v) is 9.19. The molecule has 0 bridgehead atoms. The molecule has 2 aromatic heterocycles. The van der Waals surface area contributed by atoms with Crippen LogP contribution < -0.4 is 5.32 Å². The van der Waals surface area contributed by atoms with Gasteiger partial charge in [-0.25, -0.2) is 0 Å². The molecule has 0 radical (unpaired) electrons. The van der Waals surface area contributed by atoms with E-state index in [-0.39, 0.29) is 5.91 Å². The number of tetrazole rings is 1. The minimum atomic E-state index is -0.172. The topological polar surface area (TPSA) is 85.2 Å². The lowest BCUT2D eigenvalue weighted by Gasteiger charge is -2.26. The average Bonchev–Trinajstić information content (AvgIpc) is 3.34. The SMILES string of the molecule is O=C(Nc1cccc(CN2CCOCC2)c1)c1sccc1-n1cnnn1. The number of nitrogens with zero attached hydrogens (tertiary/aromatic N) is 5. The van der Waals surface area contributed by atoms with Gasteiger partial charge >= 0.3 is 0 Å². The van der Waals surface area contributed by atoms with Crippen LogP contribution in [0.25, 0.3) is 5.69 Å². The summed E-state index contributed by atoms with van der Waals surface area (Å²) in [4.78, 5) is 15.6. The van der Waals surface area contributed by atoms with Crippen molar-refractivity contribution in [1.29, 1.82) is 0 Å². The van der Waals surface area contributed by atoms with Gasteiger partial charge in [0.25, 0.3) is 5.91 Å². The number of benzene rings is 1. The van der Waals surface area contributed by atoms with Gasteiger partial charge in [0.1, 0.15) is 11.2 Å². The number of aromatic nitrogens is 4. The maximum atomic E-state index is 12.7. The zero-order valence-electron chi connectivity index (χ0n) is 14.0. The second-order valence-corrected chi connectivity index (χ2v) is 6.85. The standard InChI is InChI=1S/C17H18N6O2S/c24-17(16-15(4-9-26-16)23-12-18-20-21-23)19-14-3-1-2-13(10-14)11-22-5-7-25-8-6-22/h1-4,9-10,12H,5-8,11H2,(H,19,24). The van der Waals surface area contributed by atoms with Crippen LogP contribution in [0.1, 0.15) is 15.2 Å². The maximum absolute atomic E-state index is 12.7. The van der Waals surface area contributed by atoms with Gasteiger partial charge in [0.05, 0.1) is 18.9 Å². The van der Waals surface area contributed by atoms with Crippen molar-refractivity contribution in [3.63, 3.8) is 0 Å². The summed E-state index contributed by atoms with van der Waals surface area (Å²) in [6, 6.07) is 9.76. The van der Waals surface area contributed by atoms with Crippen LogP contribution in [0.2, 0.25) is 0 Å². The van der Waals surface area contributed by atoms with Crippen molar-refractivity contribution in [3.05, 3.63) is 52.5 Å². The summed E-state index contributed by atoms with van der Waals surface area (Å²) in [5.74, 6) is -0.172. The van der Waals surface area contributed by atoms with E-state index < -0.39 is 0 Å². The Hall–Kier alpha value is -2.62. The summed E-state index contributed by atoms with van der Waals surface area (Å²) < 4.78 is 6.87. The van der Waals surface area contributed by atoms with Crippen molar-refractivity contribution in [2.24, 2.45) is 0 Å². The van der Waals surface area contributed by atoms with Crippen LogP contribution in [0.3, 0.4) is 0 Å². The molecule has 1 saturated heterocycles. The molecular weight excluding hydrogens is 352 g/mol.